The van der Waals surface area contributed by atoms with E-state index in [1.807, 2.05) is 0 Å². The summed E-state index contributed by atoms with van der Waals surface area (Å²) >= 11 is 0. The molecule has 3 fully saturated rings. The molecule has 0 unspecified atom stereocenters. The Morgan fingerprint density at radius 3 is 1.65 bits per heavy atom. The van der Waals surface area contributed by atoms with Crippen molar-refractivity contribution in [1.29, 1.82) is 0 Å². The van der Waals surface area contributed by atoms with Gasteiger partial charge in [-0.05, 0) is 87.9 Å². The van der Waals surface area contributed by atoms with Gasteiger partial charge >= 0.3 is 0 Å². The molecule has 0 atom stereocenters. The number of hydrogen-bond acceptors (Lipinski definition) is 0. The largest absolute Gasteiger partial charge is 0.106 e. The van der Waals surface area contributed by atoms with Crippen LogP contribution in [0.1, 0.15) is 97.8 Å². The van der Waals surface area contributed by atoms with Crippen LogP contribution in [0.5, 0.6) is 0 Å². The van der Waals surface area contributed by atoms with Crippen LogP contribution in [0, 0.1) is 46.8 Å². The van der Waals surface area contributed by atoms with Crippen LogP contribution >= 0.6 is 0 Å². The molecule has 0 nitrogen and oxygen atoms in total. The van der Waals surface area contributed by atoms with Gasteiger partial charge in [0.05, 0.1) is 0 Å². The Morgan fingerprint density at radius 1 is 0.652 bits per heavy atom. The maximum Gasteiger partial charge on any atom is 0.0342 e. The maximum absolute atomic E-state index is 3.76. The Morgan fingerprint density at radius 2 is 1.13 bits per heavy atom. The molecule has 3 aliphatic carbocycles. The molecule has 0 heterocycles. The van der Waals surface area contributed by atoms with Gasteiger partial charge in [0.15, 0.2) is 0 Å². The normalized spacial score (nSPS) is 45.1. The maximum atomic E-state index is 3.76. The van der Waals surface area contributed by atoms with Gasteiger partial charge in [-0.1, -0.05) is 45.5 Å². The van der Waals surface area contributed by atoms with E-state index in [0.717, 1.165) is 29.6 Å². The highest BCUT2D eigenvalue weighted by atomic mass is 14.5. The van der Waals surface area contributed by atoms with E-state index in [-0.39, 0.29) is 0 Å². The monoisotopic (exact) mass is 314 g/mol. The molecular weight excluding hydrogens is 276 g/mol. The van der Waals surface area contributed by atoms with Crippen molar-refractivity contribution in [3.63, 3.8) is 0 Å². The predicted molar refractivity (Wildman–Crippen MR) is 100 cm³/mol. The van der Waals surface area contributed by atoms with Crippen molar-refractivity contribution >= 4 is 0 Å². The van der Waals surface area contributed by atoms with Crippen molar-refractivity contribution < 1.29 is 0 Å². The van der Waals surface area contributed by atoms with E-state index >= 15 is 0 Å². The smallest absolute Gasteiger partial charge is 0.0342 e. The van der Waals surface area contributed by atoms with E-state index in [1.54, 1.807) is 0 Å². The minimum absolute atomic E-state index is 0.396. The number of hydrogen-bond donors (Lipinski definition) is 0. The Labute approximate surface area is 145 Å². The third-order valence-electron chi connectivity index (χ3n) is 7.82. The minimum atomic E-state index is 0.396. The second-order valence-electron chi connectivity index (χ2n) is 9.35. The van der Waals surface area contributed by atoms with Crippen LogP contribution in [-0.2, 0) is 0 Å². The predicted octanol–water partition coefficient (Wildman–Crippen LogP) is 6.84. The molecular formula is C23H38. The zero-order chi connectivity index (χ0) is 16.3. The third-order valence-corrected chi connectivity index (χ3v) is 7.82. The molecule has 0 amide bonds. The fourth-order valence-electron chi connectivity index (χ4n) is 6.08. The van der Waals surface area contributed by atoms with E-state index in [2.05, 4.69) is 32.6 Å². The van der Waals surface area contributed by atoms with Crippen molar-refractivity contribution in [2.75, 3.05) is 0 Å². The summed E-state index contributed by atoms with van der Waals surface area (Å²) in [6, 6.07) is 0. The van der Waals surface area contributed by atoms with Crippen molar-refractivity contribution in [1.82, 2.24) is 0 Å². The van der Waals surface area contributed by atoms with Gasteiger partial charge in [-0.3, -0.25) is 0 Å². The van der Waals surface area contributed by atoms with Gasteiger partial charge in [0.25, 0.3) is 0 Å². The van der Waals surface area contributed by atoms with Gasteiger partial charge in [-0.2, -0.15) is 0 Å². The summed E-state index contributed by atoms with van der Waals surface area (Å²) in [5.74, 6) is 12.0. The van der Waals surface area contributed by atoms with E-state index < -0.39 is 0 Å². The molecule has 0 heteroatoms. The molecule has 3 aliphatic rings. The fraction of sp³-hybridized carbons (Fsp3) is 0.913. The SMILES string of the molecule is CC#CC1(C2CCC(C)CC2)CCC(C2CCC(C)CC2)CC1. The summed E-state index contributed by atoms with van der Waals surface area (Å²) in [6.07, 6.45) is 17.5. The summed E-state index contributed by atoms with van der Waals surface area (Å²) in [6.45, 7) is 6.96. The van der Waals surface area contributed by atoms with Crippen LogP contribution in [0.15, 0.2) is 0 Å². The molecule has 0 aromatic heterocycles. The lowest BCUT2D eigenvalue weighted by molar-refractivity contribution is 0.0656. The first kappa shape index (κ1) is 17.4. The second kappa shape index (κ2) is 7.63. The molecule has 0 aromatic carbocycles. The van der Waals surface area contributed by atoms with Crippen LogP contribution < -0.4 is 0 Å². The van der Waals surface area contributed by atoms with Crippen LogP contribution in [0.25, 0.3) is 0 Å². The molecule has 0 aromatic rings. The summed E-state index contributed by atoms with van der Waals surface area (Å²) in [7, 11) is 0. The van der Waals surface area contributed by atoms with E-state index in [9.17, 15) is 0 Å². The highest BCUT2D eigenvalue weighted by Gasteiger charge is 2.43. The molecule has 0 saturated heterocycles. The zero-order valence-corrected chi connectivity index (χ0v) is 15.9. The first-order valence-corrected chi connectivity index (χ1v) is 10.6. The lowest BCUT2D eigenvalue weighted by Gasteiger charge is -2.46. The summed E-state index contributed by atoms with van der Waals surface area (Å²) in [5, 5.41) is 0. The Balaban J connectivity index is 1.60. The summed E-state index contributed by atoms with van der Waals surface area (Å²) in [5.41, 5.74) is 0.396. The minimum Gasteiger partial charge on any atom is -0.106 e. The van der Waals surface area contributed by atoms with Crippen LogP contribution in [0.3, 0.4) is 0 Å². The van der Waals surface area contributed by atoms with Gasteiger partial charge in [0.1, 0.15) is 0 Å². The lowest BCUT2D eigenvalue weighted by Crippen LogP contribution is -2.37. The van der Waals surface area contributed by atoms with Gasteiger partial charge in [-0.25, -0.2) is 0 Å². The molecule has 0 N–H and O–H groups in total. The zero-order valence-electron chi connectivity index (χ0n) is 15.9. The highest BCUT2D eigenvalue weighted by Crippen LogP contribution is 2.52. The van der Waals surface area contributed by atoms with E-state index in [1.165, 1.54) is 77.0 Å². The van der Waals surface area contributed by atoms with Crippen LogP contribution in [0.4, 0.5) is 0 Å². The Hall–Kier alpha value is -0.440. The number of rotatable bonds is 2. The molecule has 3 saturated carbocycles. The van der Waals surface area contributed by atoms with Gasteiger partial charge in [0.2, 0.25) is 0 Å². The van der Waals surface area contributed by atoms with Gasteiger partial charge in [-0.15, -0.1) is 5.92 Å². The molecule has 130 valence electrons. The van der Waals surface area contributed by atoms with Gasteiger partial charge in [0, 0.05) is 5.41 Å². The first-order valence-electron chi connectivity index (χ1n) is 10.6. The quantitative estimate of drug-likeness (QED) is 0.489. The standard InChI is InChI=1S/C23H38/c1-4-15-23(22-11-7-19(3)8-12-22)16-13-21(14-17-23)20-9-5-18(2)6-10-20/h18-22H,5-14,16-17H2,1-3H3. The molecule has 3 rings (SSSR count). The Kier molecular flexibility index (Phi) is 5.77. The molecule has 0 bridgehead atoms. The van der Waals surface area contributed by atoms with Crippen molar-refractivity contribution in [3.05, 3.63) is 0 Å². The average Bonchev–Trinajstić information content (AvgIpc) is 2.57. The van der Waals surface area contributed by atoms with Crippen LogP contribution in [-0.4, -0.2) is 0 Å². The Bertz CT molecular complexity index is 413. The van der Waals surface area contributed by atoms with Crippen LogP contribution in [0.2, 0.25) is 0 Å². The average molecular weight is 315 g/mol. The van der Waals surface area contributed by atoms with E-state index in [4.69, 9.17) is 0 Å². The lowest BCUT2D eigenvalue weighted by atomic mass is 9.57. The van der Waals surface area contributed by atoms with Crippen molar-refractivity contribution in [3.8, 4) is 11.8 Å². The second-order valence-corrected chi connectivity index (χ2v) is 9.35. The molecule has 0 spiro atoms. The molecule has 0 radical (unpaired) electrons. The fourth-order valence-corrected chi connectivity index (χ4v) is 6.08. The van der Waals surface area contributed by atoms with Crippen molar-refractivity contribution in [2.45, 2.75) is 97.8 Å². The highest BCUT2D eigenvalue weighted by molar-refractivity contribution is 5.15. The van der Waals surface area contributed by atoms with Gasteiger partial charge < -0.3 is 0 Å². The third kappa shape index (κ3) is 3.97. The molecule has 0 aliphatic heterocycles. The van der Waals surface area contributed by atoms with E-state index in [0.29, 0.717) is 5.41 Å². The van der Waals surface area contributed by atoms with Crippen molar-refractivity contribution in [2.24, 2.45) is 35.0 Å². The topological polar surface area (TPSA) is 0 Å². The summed E-state index contributed by atoms with van der Waals surface area (Å²) in [4.78, 5) is 0. The summed E-state index contributed by atoms with van der Waals surface area (Å²) < 4.78 is 0. The molecule has 23 heavy (non-hydrogen) atoms. The first-order chi connectivity index (χ1) is 11.1.